The highest BCUT2D eigenvalue weighted by atomic mass is 35.5. The Hall–Kier alpha value is -0.690. The molecule has 1 N–H and O–H groups in total. The van der Waals surface area contributed by atoms with E-state index >= 15 is 0 Å². The second-order valence-electron chi connectivity index (χ2n) is 5.23. The largest absolute Gasteiger partial charge is 0.316 e. The summed E-state index contributed by atoms with van der Waals surface area (Å²) in [5.74, 6) is -0.710. The van der Waals surface area contributed by atoms with Gasteiger partial charge in [0, 0.05) is 30.2 Å². The second-order valence-corrected chi connectivity index (χ2v) is 7.57. The molecule has 1 aliphatic heterocycles. The number of hydrogen-bond acceptors (Lipinski definition) is 3. The molecule has 1 aromatic carbocycles. The summed E-state index contributed by atoms with van der Waals surface area (Å²) in [7, 11) is -2.16. The van der Waals surface area contributed by atoms with Crippen LogP contribution in [-0.2, 0) is 16.6 Å². The lowest BCUT2D eigenvalue weighted by Gasteiger charge is -2.21. The summed E-state index contributed by atoms with van der Waals surface area (Å²) in [5.41, 5.74) is 0.262. The molecular weight excluding hydrogens is 315 g/mol. The number of halogens is 2. The predicted octanol–water partition coefficient (Wildman–Crippen LogP) is 2.76. The zero-order valence-corrected chi connectivity index (χ0v) is 13.6. The Morgan fingerprint density at radius 3 is 2.43 bits per heavy atom. The van der Waals surface area contributed by atoms with Crippen molar-refractivity contribution in [3.05, 3.63) is 28.5 Å². The average molecular weight is 335 g/mol. The Morgan fingerprint density at radius 2 is 1.86 bits per heavy atom. The molecule has 0 bridgehead atoms. The van der Waals surface area contributed by atoms with Crippen LogP contribution in [-0.4, -0.2) is 32.9 Å². The molecule has 21 heavy (non-hydrogen) atoms. The smallest absolute Gasteiger partial charge is 0.246 e. The van der Waals surface area contributed by atoms with E-state index in [9.17, 15) is 12.8 Å². The zero-order valence-electron chi connectivity index (χ0n) is 12.0. The van der Waals surface area contributed by atoms with Gasteiger partial charge in [-0.1, -0.05) is 24.4 Å². The second kappa shape index (κ2) is 7.05. The Labute approximate surface area is 130 Å². The summed E-state index contributed by atoms with van der Waals surface area (Å²) >= 11 is 5.96. The standard InChI is InChI=1S/C14H20ClFN2O2S/c1-17-10-11-8-12(15)9-13(14(11)16)21(19,20)18-6-4-2-3-5-7-18/h8-9,17H,2-7,10H2,1H3. The molecule has 1 fully saturated rings. The third-order valence-corrected chi connectivity index (χ3v) is 5.75. The lowest BCUT2D eigenvalue weighted by Crippen LogP contribution is -2.32. The van der Waals surface area contributed by atoms with E-state index in [2.05, 4.69) is 5.32 Å². The fourth-order valence-electron chi connectivity index (χ4n) is 2.55. The van der Waals surface area contributed by atoms with E-state index in [1.165, 1.54) is 16.4 Å². The van der Waals surface area contributed by atoms with Crippen LogP contribution in [0.5, 0.6) is 0 Å². The maximum atomic E-state index is 14.5. The summed E-state index contributed by atoms with van der Waals surface area (Å²) in [6.07, 6.45) is 3.64. The van der Waals surface area contributed by atoms with Gasteiger partial charge >= 0.3 is 0 Å². The van der Waals surface area contributed by atoms with Gasteiger partial charge in [-0.05, 0) is 32.0 Å². The summed E-state index contributed by atoms with van der Waals surface area (Å²) in [4.78, 5) is -0.317. The van der Waals surface area contributed by atoms with E-state index in [-0.39, 0.29) is 22.0 Å². The molecule has 0 aliphatic carbocycles. The van der Waals surface area contributed by atoms with Gasteiger partial charge in [-0.25, -0.2) is 12.8 Å². The quantitative estimate of drug-likeness (QED) is 0.921. The van der Waals surface area contributed by atoms with Crippen LogP contribution in [0.1, 0.15) is 31.2 Å². The minimum absolute atomic E-state index is 0.231. The average Bonchev–Trinajstić information content (AvgIpc) is 2.72. The number of hydrogen-bond donors (Lipinski definition) is 1. The van der Waals surface area contributed by atoms with Crippen LogP contribution in [0.15, 0.2) is 17.0 Å². The van der Waals surface area contributed by atoms with Gasteiger partial charge in [0.05, 0.1) is 0 Å². The van der Waals surface area contributed by atoms with Crippen LogP contribution in [0, 0.1) is 5.82 Å². The summed E-state index contributed by atoms with van der Waals surface area (Å²) in [6.45, 7) is 1.11. The number of rotatable bonds is 4. The van der Waals surface area contributed by atoms with E-state index in [0.717, 1.165) is 25.7 Å². The molecule has 0 aromatic heterocycles. The third kappa shape index (κ3) is 3.74. The Kier molecular flexibility index (Phi) is 5.60. The first-order valence-corrected chi connectivity index (χ1v) is 8.91. The molecule has 118 valence electrons. The van der Waals surface area contributed by atoms with Gasteiger partial charge in [0.15, 0.2) is 0 Å². The van der Waals surface area contributed by atoms with Crippen molar-refractivity contribution in [3.8, 4) is 0 Å². The first-order chi connectivity index (χ1) is 9.96. The molecule has 1 aromatic rings. The maximum absolute atomic E-state index is 14.5. The molecule has 0 radical (unpaired) electrons. The highest BCUT2D eigenvalue weighted by Crippen LogP contribution is 2.27. The van der Waals surface area contributed by atoms with E-state index in [0.29, 0.717) is 13.1 Å². The van der Waals surface area contributed by atoms with Gasteiger partial charge in [-0.15, -0.1) is 0 Å². The first kappa shape index (κ1) is 16.7. The molecule has 2 rings (SSSR count). The summed E-state index contributed by atoms with van der Waals surface area (Å²) in [5, 5.41) is 3.04. The van der Waals surface area contributed by atoms with E-state index in [1.54, 1.807) is 7.05 Å². The molecule has 1 aliphatic rings. The maximum Gasteiger partial charge on any atom is 0.246 e. The third-order valence-electron chi connectivity index (χ3n) is 3.63. The van der Waals surface area contributed by atoms with Gasteiger partial charge in [-0.2, -0.15) is 4.31 Å². The van der Waals surface area contributed by atoms with Crippen LogP contribution in [0.4, 0.5) is 4.39 Å². The van der Waals surface area contributed by atoms with Gasteiger partial charge in [0.1, 0.15) is 10.7 Å². The molecule has 7 heteroatoms. The SMILES string of the molecule is CNCc1cc(Cl)cc(S(=O)(=O)N2CCCCCC2)c1F. The van der Waals surface area contributed by atoms with Crippen molar-refractivity contribution in [3.63, 3.8) is 0 Å². The first-order valence-electron chi connectivity index (χ1n) is 7.09. The molecule has 0 spiro atoms. The monoisotopic (exact) mass is 334 g/mol. The van der Waals surface area contributed by atoms with Gasteiger partial charge in [0.2, 0.25) is 10.0 Å². The minimum atomic E-state index is -3.83. The molecular formula is C14H20ClFN2O2S. The fourth-order valence-corrected chi connectivity index (χ4v) is 4.50. The topological polar surface area (TPSA) is 49.4 Å². The molecule has 1 heterocycles. The normalized spacial score (nSPS) is 17.7. The number of nitrogens with one attached hydrogen (secondary N) is 1. The van der Waals surface area contributed by atoms with Crippen LogP contribution >= 0.6 is 11.6 Å². The van der Waals surface area contributed by atoms with Crippen molar-refractivity contribution >= 4 is 21.6 Å². The Bertz CT molecular complexity index is 599. The Balaban J connectivity index is 2.43. The van der Waals surface area contributed by atoms with E-state index < -0.39 is 15.8 Å². The van der Waals surface area contributed by atoms with Crippen molar-refractivity contribution in [2.24, 2.45) is 0 Å². The minimum Gasteiger partial charge on any atom is -0.316 e. The molecule has 0 saturated carbocycles. The van der Waals surface area contributed by atoms with Crippen molar-refractivity contribution in [2.45, 2.75) is 37.1 Å². The van der Waals surface area contributed by atoms with E-state index in [1.807, 2.05) is 0 Å². The summed E-state index contributed by atoms with van der Waals surface area (Å²) < 4.78 is 41.2. The fraction of sp³-hybridized carbons (Fsp3) is 0.571. The lowest BCUT2D eigenvalue weighted by atomic mass is 10.2. The van der Waals surface area contributed by atoms with Crippen LogP contribution in [0.2, 0.25) is 5.02 Å². The molecule has 0 atom stereocenters. The zero-order chi connectivity index (χ0) is 15.5. The van der Waals surface area contributed by atoms with Crippen molar-refractivity contribution in [2.75, 3.05) is 20.1 Å². The van der Waals surface area contributed by atoms with Crippen LogP contribution < -0.4 is 5.32 Å². The number of benzene rings is 1. The number of sulfonamides is 1. The number of nitrogens with zero attached hydrogens (tertiary/aromatic N) is 1. The van der Waals surface area contributed by atoms with Crippen molar-refractivity contribution in [1.82, 2.24) is 9.62 Å². The molecule has 1 saturated heterocycles. The Morgan fingerprint density at radius 1 is 1.24 bits per heavy atom. The predicted molar refractivity (Wildman–Crippen MR) is 81.4 cm³/mol. The van der Waals surface area contributed by atoms with Gasteiger partial charge < -0.3 is 5.32 Å². The van der Waals surface area contributed by atoms with Crippen molar-refractivity contribution < 1.29 is 12.8 Å². The van der Waals surface area contributed by atoms with E-state index in [4.69, 9.17) is 11.6 Å². The lowest BCUT2D eigenvalue weighted by molar-refractivity contribution is 0.419. The van der Waals surface area contributed by atoms with Crippen molar-refractivity contribution in [1.29, 1.82) is 0 Å². The summed E-state index contributed by atoms with van der Waals surface area (Å²) in [6, 6.07) is 2.66. The van der Waals surface area contributed by atoms with Gasteiger partial charge in [-0.3, -0.25) is 0 Å². The molecule has 0 unspecified atom stereocenters. The highest BCUT2D eigenvalue weighted by Gasteiger charge is 2.29. The van der Waals surface area contributed by atoms with Gasteiger partial charge in [0.25, 0.3) is 0 Å². The van der Waals surface area contributed by atoms with Crippen LogP contribution in [0.3, 0.4) is 0 Å². The van der Waals surface area contributed by atoms with Crippen LogP contribution in [0.25, 0.3) is 0 Å². The molecule has 4 nitrogen and oxygen atoms in total. The molecule has 0 amide bonds. The highest BCUT2D eigenvalue weighted by molar-refractivity contribution is 7.89.